The van der Waals surface area contributed by atoms with Crippen molar-refractivity contribution in [2.45, 2.75) is 11.6 Å². The van der Waals surface area contributed by atoms with E-state index in [1.165, 1.54) is 42.1 Å². The molecule has 1 aliphatic heterocycles. The SMILES string of the molecule is O=C(c1cccc(F)c1)N1CCS[C@@H]1c1ccc(C(F)(F)F)cc1. The van der Waals surface area contributed by atoms with Gasteiger partial charge in [-0.05, 0) is 35.9 Å². The van der Waals surface area contributed by atoms with Crippen LogP contribution in [0.25, 0.3) is 0 Å². The number of amides is 1. The third-order valence-electron chi connectivity index (χ3n) is 3.75. The first-order chi connectivity index (χ1) is 11.4. The Morgan fingerprint density at radius 2 is 1.83 bits per heavy atom. The number of hydrogen-bond donors (Lipinski definition) is 0. The molecule has 2 aromatic rings. The highest BCUT2D eigenvalue weighted by molar-refractivity contribution is 7.99. The maximum atomic E-state index is 13.3. The number of rotatable bonds is 2. The van der Waals surface area contributed by atoms with Crippen LogP contribution in [0.2, 0.25) is 0 Å². The van der Waals surface area contributed by atoms with Gasteiger partial charge in [0.2, 0.25) is 0 Å². The molecule has 0 spiro atoms. The van der Waals surface area contributed by atoms with Gasteiger partial charge in [0.1, 0.15) is 11.2 Å². The lowest BCUT2D eigenvalue weighted by atomic mass is 10.1. The Morgan fingerprint density at radius 1 is 1.12 bits per heavy atom. The van der Waals surface area contributed by atoms with Gasteiger partial charge in [-0.15, -0.1) is 11.8 Å². The van der Waals surface area contributed by atoms with Crippen LogP contribution in [0.1, 0.15) is 26.9 Å². The van der Waals surface area contributed by atoms with Crippen LogP contribution in [0.15, 0.2) is 48.5 Å². The Labute approximate surface area is 140 Å². The summed E-state index contributed by atoms with van der Waals surface area (Å²) in [6, 6.07) is 10.2. The second kappa shape index (κ2) is 6.47. The number of halogens is 4. The maximum absolute atomic E-state index is 13.3. The molecule has 0 saturated carbocycles. The van der Waals surface area contributed by atoms with Crippen LogP contribution < -0.4 is 0 Å². The molecule has 1 amide bonds. The van der Waals surface area contributed by atoms with Gasteiger partial charge in [0.15, 0.2) is 0 Å². The summed E-state index contributed by atoms with van der Waals surface area (Å²) >= 11 is 1.47. The molecule has 0 unspecified atom stereocenters. The lowest BCUT2D eigenvalue weighted by molar-refractivity contribution is -0.137. The molecule has 126 valence electrons. The minimum Gasteiger partial charge on any atom is -0.322 e. The lowest BCUT2D eigenvalue weighted by Gasteiger charge is -2.24. The molecule has 0 N–H and O–H groups in total. The molecule has 2 aromatic carbocycles. The monoisotopic (exact) mass is 355 g/mol. The minimum atomic E-state index is -4.39. The van der Waals surface area contributed by atoms with E-state index in [0.29, 0.717) is 17.9 Å². The van der Waals surface area contributed by atoms with Crippen molar-refractivity contribution >= 4 is 17.7 Å². The molecule has 1 heterocycles. The summed E-state index contributed by atoms with van der Waals surface area (Å²) in [6.07, 6.45) is -4.39. The Kier molecular flexibility index (Phi) is 4.54. The van der Waals surface area contributed by atoms with Crippen molar-refractivity contribution in [3.8, 4) is 0 Å². The molecular weight excluding hydrogens is 342 g/mol. The fourth-order valence-electron chi connectivity index (χ4n) is 2.58. The van der Waals surface area contributed by atoms with Crippen molar-refractivity contribution in [1.29, 1.82) is 0 Å². The largest absolute Gasteiger partial charge is 0.416 e. The quantitative estimate of drug-likeness (QED) is 0.726. The van der Waals surface area contributed by atoms with Crippen molar-refractivity contribution in [2.75, 3.05) is 12.3 Å². The first kappa shape index (κ1) is 16.8. The molecule has 1 atom stereocenters. The highest BCUT2D eigenvalue weighted by Gasteiger charge is 2.33. The van der Waals surface area contributed by atoms with Crippen molar-refractivity contribution in [3.63, 3.8) is 0 Å². The van der Waals surface area contributed by atoms with Crippen LogP contribution in [0.4, 0.5) is 17.6 Å². The zero-order valence-corrected chi connectivity index (χ0v) is 13.2. The Bertz CT molecular complexity index is 745. The highest BCUT2D eigenvalue weighted by Crippen LogP contribution is 2.39. The predicted octanol–water partition coefficient (Wildman–Crippen LogP) is 4.73. The summed E-state index contributed by atoms with van der Waals surface area (Å²) < 4.78 is 51.3. The fraction of sp³-hybridized carbons (Fsp3) is 0.235. The normalized spacial score (nSPS) is 18.0. The summed E-state index contributed by atoms with van der Waals surface area (Å²) in [5.74, 6) is -0.157. The predicted molar refractivity (Wildman–Crippen MR) is 84.1 cm³/mol. The average Bonchev–Trinajstić information content (AvgIpc) is 3.03. The number of alkyl halides is 3. The zero-order chi connectivity index (χ0) is 17.3. The number of benzene rings is 2. The van der Waals surface area contributed by atoms with Crippen LogP contribution in [0.5, 0.6) is 0 Å². The van der Waals surface area contributed by atoms with Gasteiger partial charge in [-0.1, -0.05) is 18.2 Å². The molecule has 0 aliphatic carbocycles. The van der Waals surface area contributed by atoms with Crippen LogP contribution in [0, 0.1) is 5.82 Å². The summed E-state index contributed by atoms with van der Waals surface area (Å²) in [5, 5.41) is -0.372. The van der Waals surface area contributed by atoms with Crippen LogP contribution >= 0.6 is 11.8 Å². The van der Waals surface area contributed by atoms with Crippen molar-refractivity contribution in [3.05, 3.63) is 71.0 Å². The van der Waals surface area contributed by atoms with E-state index in [4.69, 9.17) is 0 Å². The Hall–Kier alpha value is -2.02. The van der Waals surface area contributed by atoms with E-state index in [0.717, 1.165) is 18.2 Å². The van der Waals surface area contributed by atoms with E-state index in [9.17, 15) is 22.4 Å². The number of nitrogens with zero attached hydrogens (tertiary/aromatic N) is 1. The lowest BCUT2D eigenvalue weighted by Crippen LogP contribution is -2.30. The molecular formula is C17H13F4NOS. The molecule has 24 heavy (non-hydrogen) atoms. The number of carbonyl (C=O) groups excluding carboxylic acids is 1. The molecule has 3 rings (SSSR count). The van der Waals surface area contributed by atoms with Crippen LogP contribution in [-0.4, -0.2) is 23.1 Å². The van der Waals surface area contributed by atoms with Gasteiger partial charge in [0, 0.05) is 17.9 Å². The van der Waals surface area contributed by atoms with Gasteiger partial charge in [-0.25, -0.2) is 4.39 Å². The summed E-state index contributed by atoms with van der Waals surface area (Å²) in [7, 11) is 0. The second-order valence-corrected chi connectivity index (χ2v) is 6.54. The van der Waals surface area contributed by atoms with E-state index in [2.05, 4.69) is 0 Å². The van der Waals surface area contributed by atoms with Gasteiger partial charge < -0.3 is 4.90 Å². The van der Waals surface area contributed by atoms with E-state index >= 15 is 0 Å². The van der Waals surface area contributed by atoms with E-state index in [1.54, 1.807) is 4.90 Å². The molecule has 0 radical (unpaired) electrons. The third-order valence-corrected chi connectivity index (χ3v) is 5.01. The third kappa shape index (κ3) is 3.40. The smallest absolute Gasteiger partial charge is 0.322 e. The maximum Gasteiger partial charge on any atom is 0.416 e. The van der Waals surface area contributed by atoms with Gasteiger partial charge in [0.05, 0.1) is 5.56 Å². The Balaban J connectivity index is 1.84. The molecule has 0 bridgehead atoms. The van der Waals surface area contributed by atoms with Crippen LogP contribution in [-0.2, 0) is 6.18 Å². The molecule has 0 aromatic heterocycles. The standard InChI is InChI=1S/C17H13F4NOS/c18-14-3-1-2-12(10-14)15(23)22-8-9-24-16(22)11-4-6-13(7-5-11)17(19,20)21/h1-7,10,16H,8-9H2/t16-/m1/s1. The van der Waals surface area contributed by atoms with Crippen molar-refractivity contribution < 1.29 is 22.4 Å². The fourth-order valence-corrected chi connectivity index (χ4v) is 3.83. The zero-order valence-electron chi connectivity index (χ0n) is 12.4. The van der Waals surface area contributed by atoms with Crippen LogP contribution in [0.3, 0.4) is 0 Å². The van der Waals surface area contributed by atoms with Gasteiger partial charge in [-0.3, -0.25) is 4.79 Å². The van der Waals surface area contributed by atoms with E-state index in [1.807, 2.05) is 0 Å². The number of thioether (sulfide) groups is 1. The molecule has 1 saturated heterocycles. The molecule has 1 aliphatic rings. The summed E-state index contributed by atoms with van der Waals surface area (Å²) in [5.41, 5.74) is 0.127. The van der Waals surface area contributed by atoms with Gasteiger partial charge in [-0.2, -0.15) is 13.2 Å². The second-order valence-electron chi connectivity index (χ2n) is 5.35. The molecule has 2 nitrogen and oxygen atoms in total. The Morgan fingerprint density at radius 3 is 2.46 bits per heavy atom. The number of hydrogen-bond acceptors (Lipinski definition) is 2. The van der Waals surface area contributed by atoms with Gasteiger partial charge >= 0.3 is 6.18 Å². The van der Waals surface area contributed by atoms with Gasteiger partial charge in [0.25, 0.3) is 5.91 Å². The molecule has 7 heteroatoms. The molecule has 1 fully saturated rings. The van der Waals surface area contributed by atoms with E-state index < -0.39 is 17.6 Å². The van der Waals surface area contributed by atoms with Crippen molar-refractivity contribution in [2.24, 2.45) is 0 Å². The van der Waals surface area contributed by atoms with Crippen molar-refractivity contribution in [1.82, 2.24) is 4.90 Å². The number of carbonyl (C=O) groups is 1. The van der Waals surface area contributed by atoms with E-state index in [-0.39, 0.29) is 16.8 Å². The summed E-state index contributed by atoms with van der Waals surface area (Å²) in [4.78, 5) is 14.1. The first-order valence-electron chi connectivity index (χ1n) is 7.21. The average molecular weight is 355 g/mol. The minimum absolute atomic E-state index is 0.231. The summed E-state index contributed by atoms with van der Waals surface area (Å²) in [6.45, 7) is 0.464. The first-order valence-corrected chi connectivity index (χ1v) is 8.26. The highest BCUT2D eigenvalue weighted by atomic mass is 32.2. The topological polar surface area (TPSA) is 20.3 Å².